The Kier molecular flexibility index (Phi) is 4.90. The van der Waals surface area contributed by atoms with Crippen molar-refractivity contribution < 1.29 is 13.2 Å². The number of carbonyl (C=O) groups excluding carboxylic acids is 1. The van der Waals surface area contributed by atoms with Crippen LogP contribution in [0, 0.1) is 0 Å². The highest BCUT2D eigenvalue weighted by molar-refractivity contribution is 7.89. The molecule has 1 amide bonds. The average Bonchev–Trinajstić information content (AvgIpc) is 2.25. The molecule has 0 atom stereocenters. The van der Waals surface area contributed by atoms with Crippen molar-refractivity contribution in [1.29, 1.82) is 0 Å². The van der Waals surface area contributed by atoms with Crippen LogP contribution in [0.3, 0.4) is 0 Å². The smallest absolute Gasteiger partial charge is 0.265 e. The maximum atomic E-state index is 12.2. The molecule has 0 aliphatic heterocycles. The van der Waals surface area contributed by atoms with Gasteiger partial charge < -0.3 is 0 Å². The van der Waals surface area contributed by atoms with E-state index in [1.54, 1.807) is 47.0 Å². The maximum Gasteiger partial charge on any atom is 0.265 e. The van der Waals surface area contributed by atoms with E-state index in [1.165, 1.54) is 17.1 Å². The predicted octanol–water partition coefficient (Wildman–Crippen LogP) is 0.970. The zero-order valence-corrected chi connectivity index (χ0v) is 13.2. The Morgan fingerprint density at radius 1 is 1.20 bits per heavy atom. The molecule has 0 aromatic heterocycles. The Labute approximate surface area is 120 Å². The molecule has 1 aromatic rings. The molecule has 2 N–H and O–H groups in total. The van der Waals surface area contributed by atoms with Gasteiger partial charge in [0.15, 0.2) is 0 Å². The molecule has 0 aliphatic rings. The topological polar surface area (TPSA) is 78.5 Å². The van der Waals surface area contributed by atoms with Crippen molar-refractivity contribution in [1.82, 2.24) is 15.2 Å². The second kappa shape index (κ2) is 5.90. The van der Waals surface area contributed by atoms with Gasteiger partial charge in [0.1, 0.15) is 0 Å². The van der Waals surface area contributed by atoms with Crippen LogP contribution in [0.5, 0.6) is 0 Å². The van der Waals surface area contributed by atoms with Crippen LogP contribution in [0.25, 0.3) is 0 Å². The van der Waals surface area contributed by atoms with Crippen molar-refractivity contribution in [2.45, 2.75) is 31.2 Å². The molecule has 0 heterocycles. The van der Waals surface area contributed by atoms with Gasteiger partial charge in [-0.25, -0.2) is 18.1 Å². The fraction of sp³-hybridized carbons (Fsp3) is 0.462. The average molecular weight is 299 g/mol. The largest absolute Gasteiger partial charge is 0.285 e. The number of nitrogens with one attached hydrogen (secondary N) is 2. The van der Waals surface area contributed by atoms with Crippen LogP contribution >= 0.6 is 0 Å². The third-order valence-corrected chi connectivity index (χ3v) is 3.93. The number of benzene rings is 1. The van der Waals surface area contributed by atoms with Gasteiger partial charge >= 0.3 is 0 Å². The second-order valence-electron chi connectivity index (χ2n) is 5.72. The quantitative estimate of drug-likeness (QED) is 0.812. The highest BCUT2D eigenvalue weighted by atomic mass is 32.2. The summed E-state index contributed by atoms with van der Waals surface area (Å²) in [5.41, 5.74) is 2.27. The van der Waals surface area contributed by atoms with Crippen LogP contribution in [0.15, 0.2) is 29.2 Å². The van der Waals surface area contributed by atoms with Gasteiger partial charge in [-0.1, -0.05) is 6.07 Å². The van der Waals surface area contributed by atoms with Gasteiger partial charge in [0.05, 0.1) is 4.90 Å². The Hall–Kier alpha value is -1.44. The van der Waals surface area contributed by atoms with E-state index in [9.17, 15) is 13.2 Å². The van der Waals surface area contributed by atoms with E-state index in [4.69, 9.17) is 0 Å². The van der Waals surface area contributed by atoms with E-state index in [0.29, 0.717) is 0 Å². The molecule has 0 radical (unpaired) electrons. The number of sulfonamides is 1. The maximum absolute atomic E-state index is 12.2. The molecule has 0 unspecified atom stereocenters. The molecular weight excluding hydrogens is 278 g/mol. The molecule has 0 saturated carbocycles. The SMILES string of the molecule is CN(C)NC(=O)c1cccc(S(=O)(=O)NC(C)(C)C)c1. The highest BCUT2D eigenvalue weighted by Crippen LogP contribution is 2.14. The van der Waals surface area contributed by atoms with Gasteiger partial charge in [-0.3, -0.25) is 10.2 Å². The molecule has 0 spiro atoms. The zero-order valence-electron chi connectivity index (χ0n) is 12.4. The predicted molar refractivity (Wildman–Crippen MR) is 77.7 cm³/mol. The van der Waals surface area contributed by atoms with E-state index in [-0.39, 0.29) is 16.4 Å². The van der Waals surface area contributed by atoms with Gasteiger partial charge in [0, 0.05) is 25.2 Å². The van der Waals surface area contributed by atoms with Crippen molar-refractivity contribution in [3.05, 3.63) is 29.8 Å². The number of hydrazine groups is 1. The summed E-state index contributed by atoms with van der Waals surface area (Å²) in [4.78, 5) is 11.9. The minimum atomic E-state index is -3.65. The lowest BCUT2D eigenvalue weighted by atomic mass is 10.1. The van der Waals surface area contributed by atoms with Crippen LogP contribution in [0.4, 0.5) is 0 Å². The van der Waals surface area contributed by atoms with Crippen molar-refractivity contribution >= 4 is 15.9 Å². The summed E-state index contributed by atoms with van der Waals surface area (Å²) in [5.74, 6) is -0.359. The fourth-order valence-electron chi connectivity index (χ4n) is 1.53. The van der Waals surface area contributed by atoms with Crippen molar-refractivity contribution in [2.24, 2.45) is 0 Å². The molecule has 20 heavy (non-hydrogen) atoms. The molecule has 0 saturated heterocycles. The lowest BCUT2D eigenvalue weighted by molar-refractivity contribution is 0.0856. The van der Waals surface area contributed by atoms with Gasteiger partial charge in [0.25, 0.3) is 5.91 Å². The summed E-state index contributed by atoms with van der Waals surface area (Å²) in [7, 11) is -0.286. The van der Waals surface area contributed by atoms with Crippen molar-refractivity contribution in [3.63, 3.8) is 0 Å². The van der Waals surface area contributed by atoms with E-state index in [0.717, 1.165) is 0 Å². The molecule has 7 heteroatoms. The number of hydrogen-bond acceptors (Lipinski definition) is 4. The summed E-state index contributed by atoms with van der Waals surface area (Å²) in [6.45, 7) is 5.27. The summed E-state index contributed by atoms with van der Waals surface area (Å²) < 4.78 is 26.9. The molecule has 112 valence electrons. The van der Waals surface area contributed by atoms with Gasteiger partial charge in [-0.15, -0.1) is 0 Å². The number of rotatable bonds is 4. The summed E-state index contributed by atoms with van der Waals surface area (Å²) >= 11 is 0. The summed E-state index contributed by atoms with van der Waals surface area (Å²) in [6, 6.07) is 5.92. The first-order valence-corrected chi connectivity index (χ1v) is 7.62. The van der Waals surface area contributed by atoms with Crippen molar-refractivity contribution in [3.8, 4) is 0 Å². The fourth-order valence-corrected chi connectivity index (χ4v) is 3.00. The summed E-state index contributed by atoms with van der Waals surface area (Å²) in [6.07, 6.45) is 0. The third kappa shape index (κ3) is 4.92. The van der Waals surface area contributed by atoms with Gasteiger partial charge in [-0.05, 0) is 39.0 Å². The minimum Gasteiger partial charge on any atom is -0.285 e. The standard InChI is InChI=1S/C13H21N3O3S/c1-13(2,3)15-20(18,19)11-8-6-7-10(9-11)12(17)14-16(4)5/h6-9,15H,1-5H3,(H,14,17). The van der Waals surface area contributed by atoms with Crippen molar-refractivity contribution in [2.75, 3.05) is 14.1 Å². The number of nitrogens with zero attached hydrogens (tertiary/aromatic N) is 1. The van der Waals surface area contributed by atoms with Crippen LogP contribution in [-0.2, 0) is 10.0 Å². The molecule has 1 rings (SSSR count). The zero-order chi connectivity index (χ0) is 15.6. The Morgan fingerprint density at radius 3 is 2.30 bits per heavy atom. The van der Waals surface area contributed by atoms with Gasteiger partial charge in [0.2, 0.25) is 10.0 Å². The third-order valence-electron chi connectivity index (χ3n) is 2.17. The highest BCUT2D eigenvalue weighted by Gasteiger charge is 2.22. The second-order valence-corrected chi connectivity index (χ2v) is 7.40. The first-order valence-electron chi connectivity index (χ1n) is 6.14. The van der Waals surface area contributed by atoms with Crippen LogP contribution < -0.4 is 10.1 Å². The summed E-state index contributed by atoms with van der Waals surface area (Å²) in [5, 5.41) is 1.50. The molecule has 1 aromatic carbocycles. The molecular formula is C13H21N3O3S. The Balaban J connectivity index is 3.07. The lowest BCUT2D eigenvalue weighted by Gasteiger charge is -2.20. The first-order chi connectivity index (χ1) is 9.01. The molecule has 0 fully saturated rings. The van der Waals surface area contributed by atoms with Crippen LogP contribution in [-0.4, -0.2) is 39.0 Å². The lowest BCUT2D eigenvalue weighted by Crippen LogP contribution is -2.40. The van der Waals surface area contributed by atoms with E-state index in [1.807, 2.05) is 0 Å². The Morgan fingerprint density at radius 2 is 1.80 bits per heavy atom. The molecule has 0 bridgehead atoms. The molecule has 0 aliphatic carbocycles. The van der Waals surface area contributed by atoms with Gasteiger partial charge in [-0.2, -0.15) is 0 Å². The van der Waals surface area contributed by atoms with Crippen LogP contribution in [0.1, 0.15) is 31.1 Å². The van der Waals surface area contributed by atoms with E-state index >= 15 is 0 Å². The minimum absolute atomic E-state index is 0.0684. The van der Waals surface area contributed by atoms with Crippen LogP contribution in [0.2, 0.25) is 0 Å². The Bertz CT molecular complexity index is 589. The number of amides is 1. The molecule has 6 nitrogen and oxygen atoms in total. The number of hydrogen-bond donors (Lipinski definition) is 2. The number of carbonyl (C=O) groups is 1. The van der Waals surface area contributed by atoms with E-state index < -0.39 is 15.6 Å². The monoisotopic (exact) mass is 299 g/mol. The first kappa shape index (κ1) is 16.6. The normalized spacial score (nSPS) is 12.5. The van der Waals surface area contributed by atoms with E-state index in [2.05, 4.69) is 10.1 Å².